The summed E-state index contributed by atoms with van der Waals surface area (Å²) in [4.78, 5) is 64.4. The van der Waals surface area contributed by atoms with E-state index < -0.39 is 92.9 Å². The maximum Gasteiger partial charge on any atom is 0.317 e. The zero-order valence-electron chi connectivity index (χ0n) is 31.9. The Kier molecular flexibility index (Phi) is 12.7. The van der Waals surface area contributed by atoms with Gasteiger partial charge in [0.25, 0.3) is 0 Å². The van der Waals surface area contributed by atoms with Crippen molar-refractivity contribution in [2.24, 2.45) is 28.1 Å². The number of aliphatic carboxylic acids is 1. The van der Waals surface area contributed by atoms with Gasteiger partial charge in [-0.1, -0.05) is 71.9 Å². The van der Waals surface area contributed by atoms with E-state index in [-0.39, 0.29) is 19.3 Å². The van der Waals surface area contributed by atoms with Crippen LogP contribution in [0, 0.1) is 28.1 Å². The molecule has 0 saturated carbocycles. The van der Waals surface area contributed by atoms with E-state index in [1.165, 1.54) is 21.0 Å². The molecule has 1 fully saturated rings. The first-order chi connectivity index (χ1) is 20.2. The minimum absolute atomic E-state index is 0.0363. The molecule has 0 aromatic rings. The molecule has 1 aliphatic heterocycles. The zero-order chi connectivity index (χ0) is 36.7. The fourth-order valence-corrected chi connectivity index (χ4v) is 108. The van der Waals surface area contributed by atoms with Crippen LogP contribution in [0.4, 0.5) is 0 Å². The van der Waals surface area contributed by atoms with Gasteiger partial charge in [-0.3, -0.25) is 24.0 Å². The topological polar surface area (TPSA) is 133 Å². The molecule has 4 unspecified atom stereocenters. The van der Waals surface area contributed by atoms with Crippen molar-refractivity contribution in [3.05, 3.63) is 0 Å². The lowest BCUT2D eigenvalue weighted by Crippen LogP contribution is -2.82. The summed E-state index contributed by atoms with van der Waals surface area (Å²) in [6.45, 7) is 33.2. The van der Waals surface area contributed by atoms with Gasteiger partial charge >= 0.3 is 29.8 Å². The van der Waals surface area contributed by atoms with Crippen LogP contribution in [0.25, 0.3) is 0 Å². The molecular weight excluding hydrogens is 653 g/mol. The van der Waals surface area contributed by atoms with E-state index in [9.17, 15) is 29.1 Å². The monoisotopic (exact) mass is 716 g/mol. The second-order valence-corrected chi connectivity index (χ2v) is 60.3. The third-order valence-electron chi connectivity index (χ3n) is 10.8. The molecule has 4 atom stereocenters. The molecule has 1 N–H and O–H groups in total. The second-order valence-electron chi connectivity index (χ2n) is 18.8. The first-order valence-corrected chi connectivity index (χ1v) is 32.3. The van der Waals surface area contributed by atoms with Crippen LogP contribution < -0.4 is 0 Å². The first-order valence-electron chi connectivity index (χ1n) is 16.5. The molecule has 266 valence electrons. The molecule has 13 heteroatoms. The number of carboxylic acid groups (broad SMARTS) is 1. The van der Waals surface area contributed by atoms with E-state index in [2.05, 4.69) is 58.9 Å². The third-order valence-corrected chi connectivity index (χ3v) is 85.3. The van der Waals surface area contributed by atoms with Gasteiger partial charge in [-0.15, -0.1) is 0 Å². The van der Waals surface area contributed by atoms with Crippen LogP contribution >= 0.6 is 0 Å². The molecule has 1 heterocycles. The fourth-order valence-electron chi connectivity index (χ4n) is 9.41. The molecule has 1 saturated heterocycles. The van der Waals surface area contributed by atoms with Crippen LogP contribution in [0.5, 0.6) is 0 Å². The highest BCUT2D eigenvalue weighted by Gasteiger charge is 2.61. The van der Waals surface area contributed by atoms with Crippen molar-refractivity contribution < 1.29 is 43.3 Å². The number of rotatable bonds is 16. The Morgan fingerprint density at radius 1 is 0.761 bits per heavy atom. The Balaban J connectivity index is 3.37. The summed E-state index contributed by atoms with van der Waals surface area (Å²) < 4.78 is 16.2. The minimum Gasteiger partial charge on any atom is -0.481 e. The Labute approximate surface area is 281 Å². The molecule has 1 aliphatic rings. The van der Waals surface area contributed by atoms with Gasteiger partial charge in [-0.25, -0.2) is 0 Å². The standard InChI is InChI=1S/C33H64O9Si4/c1-23-24(26(35)41-25(23)34)20-32(6,27(36)37)22-33(7,29(39)40-8)21-30(2,3)28(38)42-31(4,5)18-19-46(43(9,10)11,44(12,13)14)45(15,16)17/h23-24H,18-22H2,1-17H3,(H,36,37). The van der Waals surface area contributed by atoms with Gasteiger partial charge in [0.05, 0.1) is 35.2 Å². The third kappa shape index (κ3) is 8.90. The smallest absolute Gasteiger partial charge is 0.317 e. The Morgan fingerprint density at radius 2 is 1.22 bits per heavy atom. The number of ether oxygens (including phenoxy) is 3. The van der Waals surface area contributed by atoms with Crippen molar-refractivity contribution in [3.63, 3.8) is 0 Å². The summed E-state index contributed by atoms with van der Waals surface area (Å²) in [6.07, 6.45) is 0.323. The normalized spacial score (nSPS) is 21.2. The maximum atomic E-state index is 13.9. The SMILES string of the molecule is COC(=O)C(C)(CC(C)(C)C(=O)OC(C)(C)CC[Si]([Si](C)(C)C)([Si](C)(C)C)[Si](C)(C)C)CC(C)(CC1C(=O)OC(=O)C1C)C(=O)O. The van der Waals surface area contributed by atoms with Gasteiger partial charge < -0.3 is 19.3 Å². The summed E-state index contributed by atoms with van der Waals surface area (Å²) in [5.41, 5.74) is -4.91. The lowest BCUT2D eigenvalue weighted by atomic mass is 9.63. The van der Waals surface area contributed by atoms with Gasteiger partial charge in [0.15, 0.2) is 0 Å². The predicted molar refractivity (Wildman–Crippen MR) is 193 cm³/mol. The first kappa shape index (κ1) is 42.4. The van der Waals surface area contributed by atoms with Crippen molar-refractivity contribution >= 4 is 59.2 Å². The molecule has 9 nitrogen and oxygen atoms in total. The largest absolute Gasteiger partial charge is 0.481 e. The summed E-state index contributed by atoms with van der Waals surface area (Å²) in [5, 5.41) is 10.3. The molecule has 0 spiro atoms. The second kappa shape index (κ2) is 13.7. The van der Waals surface area contributed by atoms with Crippen LogP contribution in [0.3, 0.4) is 0 Å². The summed E-state index contributed by atoms with van der Waals surface area (Å²) >= 11 is 0. The minimum atomic E-state index is -1.68. The highest BCUT2D eigenvalue weighted by molar-refractivity contribution is 7.89. The Morgan fingerprint density at radius 3 is 1.57 bits per heavy atom. The molecule has 0 aliphatic carbocycles. The van der Waals surface area contributed by atoms with E-state index in [0.717, 1.165) is 12.5 Å². The fraction of sp³-hybridized carbons (Fsp3) is 0.848. The average molecular weight is 717 g/mol. The summed E-state index contributed by atoms with van der Waals surface area (Å²) in [7, 11) is -3.32. The van der Waals surface area contributed by atoms with Gasteiger partial charge in [0.1, 0.15) is 5.60 Å². The molecule has 46 heavy (non-hydrogen) atoms. The molecule has 0 aromatic carbocycles. The van der Waals surface area contributed by atoms with Crippen molar-refractivity contribution in [1.29, 1.82) is 0 Å². The Hall–Kier alpha value is -1.58. The zero-order valence-corrected chi connectivity index (χ0v) is 35.9. The van der Waals surface area contributed by atoms with Crippen LogP contribution in [0.2, 0.25) is 65.0 Å². The highest BCUT2D eigenvalue weighted by Crippen LogP contribution is 2.48. The Bertz CT molecular complexity index is 1160. The summed E-state index contributed by atoms with van der Waals surface area (Å²) in [5.74, 6) is -5.53. The van der Waals surface area contributed by atoms with Gasteiger partial charge in [0, 0.05) is 29.4 Å². The molecular formula is C33H64O9Si4. The van der Waals surface area contributed by atoms with Gasteiger partial charge in [0.2, 0.25) is 0 Å². The van der Waals surface area contributed by atoms with Gasteiger partial charge in [-0.05, 0) is 67.2 Å². The predicted octanol–water partition coefficient (Wildman–Crippen LogP) is 7.20. The number of carboxylic acids is 1. The molecule has 0 bridgehead atoms. The number of hydrogen-bond acceptors (Lipinski definition) is 8. The number of carbonyl (C=O) groups excluding carboxylic acids is 4. The average Bonchev–Trinajstić information content (AvgIpc) is 3.05. The van der Waals surface area contributed by atoms with Crippen LogP contribution in [-0.2, 0) is 38.2 Å². The van der Waals surface area contributed by atoms with Crippen molar-refractivity contribution in [1.82, 2.24) is 0 Å². The highest BCUT2D eigenvalue weighted by atomic mass is 29.9. The molecule has 0 radical (unpaired) electrons. The van der Waals surface area contributed by atoms with E-state index in [1.54, 1.807) is 20.8 Å². The number of methoxy groups -OCH3 is 1. The van der Waals surface area contributed by atoms with E-state index in [1.807, 2.05) is 13.8 Å². The molecule has 0 amide bonds. The molecule has 0 aromatic heterocycles. The number of cyclic esters (lactones) is 2. The van der Waals surface area contributed by atoms with Crippen LogP contribution in [-0.4, -0.2) is 77.1 Å². The lowest BCUT2D eigenvalue weighted by Gasteiger charge is -2.58. The van der Waals surface area contributed by atoms with E-state index >= 15 is 0 Å². The van der Waals surface area contributed by atoms with Crippen molar-refractivity contribution in [3.8, 4) is 0 Å². The van der Waals surface area contributed by atoms with E-state index in [0.29, 0.717) is 0 Å². The summed E-state index contributed by atoms with van der Waals surface area (Å²) in [6, 6.07) is 1.14. The van der Waals surface area contributed by atoms with Crippen molar-refractivity contribution in [2.45, 2.75) is 145 Å². The van der Waals surface area contributed by atoms with Crippen LogP contribution in [0.1, 0.15) is 74.1 Å². The maximum absolute atomic E-state index is 13.9. The number of hydrogen-bond donors (Lipinski definition) is 1. The van der Waals surface area contributed by atoms with E-state index in [4.69, 9.17) is 14.2 Å². The van der Waals surface area contributed by atoms with Crippen LogP contribution in [0.15, 0.2) is 0 Å². The number of carbonyl (C=O) groups is 5. The van der Waals surface area contributed by atoms with Crippen molar-refractivity contribution in [2.75, 3.05) is 7.11 Å². The lowest BCUT2D eigenvalue weighted by molar-refractivity contribution is -0.173. The van der Waals surface area contributed by atoms with Gasteiger partial charge in [-0.2, -0.15) is 0 Å². The molecule has 1 rings (SSSR count). The quantitative estimate of drug-likeness (QED) is 0.0762. The number of esters is 4.